The van der Waals surface area contributed by atoms with Crippen molar-refractivity contribution in [1.29, 1.82) is 0 Å². The lowest BCUT2D eigenvalue weighted by molar-refractivity contribution is -0.139. The van der Waals surface area contributed by atoms with E-state index in [0.717, 1.165) is 34.4 Å². The fourth-order valence-corrected chi connectivity index (χ4v) is 4.68. The number of rotatable bonds is 4. The summed E-state index contributed by atoms with van der Waals surface area (Å²) in [7, 11) is 0. The van der Waals surface area contributed by atoms with Gasteiger partial charge in [0.2, 0.25) is 5.91 Å². The molecule has 1 heterocycles. The van der Waals surface area contributed by atoms with Gasteiger partial charge in [-0.1, -0.05) is 24.8 Å². The molecule has 1 aromatic carbocycles. The number of carbonyl (C=O) groups excluding carboxylic acids is 3. The van der Waals surface area contributed by atoms with Crippen molar-refractivity contribution in [2.45, 2.75) is 63.6 Å². The molecule has 1 aromatic rings. The summed E-state index contributed by atoms with van der Waals surface area (Å²) in [5.41, 5.74) is 5.77. The third-order valence-corrected chi connectivity index (χ3v) is 6.40. The summed E-state index contributed by atoms with van der Waals surface area (Å²) in [6.45, 7) is 5.11. The molecule has 0 radical (unpaired) electrons. The zero-order chi connectivity index (χ0) is 21.8. The van der Waals surface area contributed by atoms with E-state index in [0.29, 0.717) is 18.8 Å². The van der Waals surface area contributed by atoms with E-state index in [1.165, 1.54) is 0 Å². The predicted molar refractivity (Wildman–Crippen MR) is 110 cm³/mol. The Hall–Kier alpha value is -2.85. The third-order valence-electron chi connectivity index (χ3n) is 6.40. The number of amides is 4. The molecule has 0 aromatic heterocycles. The first-order valence-corrected chi connectivity index (χ1v) is 10.4. The zero-order valence-electron chi connectivity index (χ0n) is 17.5. The molecule has 30 heavy (non-hydrogen) atoms. The van der Waals surface area contributed by atoms with E-state index in [1.54, 1.807) is 19.9 Å². The lowest BCUT2D eigenvalue weighted by Gasteiger charge is -2.29. The lowest BCUT2D eigenvalue weighted by atomic mass is 9.89. The van der Waals surface area contributed by atoms with Crippen molar-refractivity contribution in [1.82, 2.24) is 10.2 Å². The van der Waals surface area contributed by atoms with Crippen molar-refractivity contribution in [2.24, 2.45) is 17.6 Å². The van der Waals surface area contributed by atoms with Crippen LogP contribution in [0.5, 0.6) is 0 Å². The molecule has 0 bridgehead atoms. The second kappa shape index (κ2) is 6.85. The number of hydrogen-bond donors (Lipinski definition) is 3. The highest BCUT2D eigenvalue weighted by molar-refractivity contribution is 6.10. The Kier molecular flexibility index (Phi) is 4.66. The molecule has 4 rings (SSSR count). The van der Waals surface area contributed by atoms with Crippen LogP contribution in [-0.2, 0) is 21.5 Å². The van der Waals surface area contributed by atoms with Crippen LogP contribution >= 0.6 is 0 Å². The predicted octanol–water partition coefficient (Wildman–Crippen LogP) is 1.40. The van der Waals surface area contributed by atoms with E-state index in [2.05, 4.69) is 17.2 Å². The first kappa shape index (κ1) is 20.4. The number of hydrogen-bond acceptors (Lipinski definition) is 4. The number of nitrogens with two attached hydrogens (primary N) is 1. The van der Waals surface area contributed by atoms with Gasteiger partial charge in [0.1, 0.15) is 17.2 Å². The summed E-state index contributed by atoms with van der Waals surface area (Å²) in [6, 6.07) is 3.98. The molecule has 4 N–H and O–H groups in total. The van der Waals surface area contributed by atoms with Crippen LogP contribution in [0.2, 0.25) is 0 Å². The topological polar surface area (TPSA) is 113 Å². The largest absolute Gasteiger partial charge is 0.378 e. The van der Waals surface area contributed by atoms with Gasteiger partial charge in [-0.2, -0.15) is 0 Å². The molecule has 2 aliphatic carbocycles. The Morgan fingerprint density at radius 1 is 1.37 bits per heavy atom. The highest BCUT2D eigenvalue weighted by Gasteiger charge is 2.59. The van der Waals surface area contributed by atoms with Gasteiger partial charge in [-0.15, -0.1) is 0 Å². The molecule has 7 nitrogen and oxygen atoms in total. The van der Waals surface area contributed by atoms with Crippen molar-refractivity contribution in [3.8, 4) is 11.8 Å². The molecule has 1 unspecified atom stereocenters. The Balaban J connectivity index is 1.67. The maximum atomic E-state index is 13.5. The summed E-state index contributed by atoms with van der Waals surface area (Å²) >= 11 is 0. The van der Waals surface area contributed by atoms with Gasteiger partial charge in [0.05, 0.1) is 0 Å². The number of urea groups is 1. The number of nitrogens with one attached hydrogen (secondary N) is 1. The van der Waals surface area contributed by atoms with Gasteiger partial charge >= 0.3 is 6.03 Å². The van der Waals surface area contributed by atoms with Gasteiger partial charge in [0.25, 0.3) is 5.91 Å². The number of fused-ring (bicyclic) bond motifs is 2. The van der Waals surface area contributed by atoms with Crippen molar-refractivity contribution in [3.63, 3.8) is 0 Å². The lowest BCUT2D eigenvalue weighted by Crippen LogP contribution is -2.53. The standard InChI is InChI=1S/C23H27N3O4/c1-13(15-5-6-15)18(19(24)27)26-20(28)23(25-21(26)29)11-9-16-12-14(4-7-17(16)23)8-10-22(2,3)30/h4,7,12-13,15,18,30H,5-6,9,11H2,1-3H3,(H2,24,27)(H,25,29)/t13-,18?,23-/m0/s1. The van der Waals surface area contributed by atoms with Gasteiger partial charge in [-0.05, 0) is 74.6 Å². The van der Waals surface area contributed by atoms with Gasteiger partial charge in [-0.3, -0.25) is 9.59 Å². The van der Waals surface area contributed by atoms with Crippen LogP contribution in [0.15, 0.2) is 18.2 Å². The van der Waals surface area contributed by atoms with Crippen LogP contribution in [0.4, 0.5) is 4.79 Å². The normalized spacial score (nSPS) is 24.9. The molecule has 158 valence electrons. The SMILES string of the molecule is C[C@@H](C1CC1)C(C(N)=O)N1C(=O)N[C@]2(CCc3cc(C#CC(C)(C)O)ccc32)C1=O. The van der Waals surface area contributed by atoms with Crippen molar-refractivity contribution in [2.75, 3.05) is 0 Å². The van der Waals surface area contributed by atoms with Crippen LogP contribution < -0.4 is 11.1 Å². The van der Waals surface area contributed by atoms with E-state index in [-0.39, 0.29) is 5.92 Å². The first-order valence-electron chi connectivity index (χ1n) is 10.4. The Bertz CT molecular complexity index is 996. The van der Waals surface area contributed by atoms with Crippen LogP contribution in [0.25, 0.3) is 0 Å². The molecular formula is C23H27N3O4. The highest BCUT2D eigenvalue weighted by atomic mass is 16.3. The Labute approximate surface area is 176 Å². The average Bonchev–Trinajstić information content (AvgIpc) is 3.41. The van der Waals surface area contributed by atoms with Crippen molar-refractivity contribution >= 4 is 17.8 Å². The number of carbonyl (C=O) groups is 3. The van der Waals surface area contributed by atoms with Crippen LogP contribution in [0, 0.1) is 23.7 Å². The molecule has 1 saturated carbocycles. The first-order chi connectivity index (χ1) is 14.0. The molecular weight excluding hydrogens is 382 g/mol. The molecule has 1 aliphatic heterocycles. The van der Waals surface area contributed by atoms with Gasteiger partial charge in [0.15, 0.2) is 0 Å². The number of benzene rings is 1. The second-order valence-electron chi connectivity index (χ2n) is 9.24. The van der Waals surface area contributed by atoms with E-state index >= 15 is 0 Å². The monoisotopic (exact) mass is 409 g/mol. The van der Waals surface area contributed by atoms with Gasteiger partial charge in [0, 0.05) is 5.56 Å². The highest BCUT2D eigenvalue weighted by Crippen LogP contribution is 2.45. The summed E-state index contributed by atoms with van der Waals surface area (Å²) in [5.74, 6) is 4.82. The number of aryl methyl sites for hydroxylation is 1. The molecule has 1 saturated heterocycles. The van der Waals surface area contributed by atoms with Gasteiger partial charge in [-0.25, -0.2) is 9.69 Å². The number of nitrogens with zero attached hydrogens (tertiary/aromatic N) is 1. The zero-order valence-corrected chi connectivity index (χ0v) is 17.5. The van der Waals surface area contributed by atoms with Crippen LogP contribution in [-0.4, -0.2) is 39.5 Å². The maximum absolute atomic E-state index is 13.5. The van der Waals surface area contributed by atoms with E-state index < -0.39 is 35.0 Å². The summed E-state index contributed by atoms with van der Waals surface area (Å²) in [4.78, 5) is 39.6. The van der Waals surface area contributed by atoms with Crippen molar-refractivity contribution in [3.05, 3.63) is 34.9 Å². The number of aliphatic hydroxyl groups is 1. The minimum atomic E-state index is -1.16. The average molecular weight is 409 g/mol. The van der Waals surface area contributed by atoms with Crippen LogP contribution in [0.3, 0.4) is 0 Å². The Morgan fingerprint density at radius 3 is 2.67 bits per heavy atom. The second-order valence-corrected chi connectivity index (χ2v) is 9.24. The summed E-state index contributed by atoms with van der Waals surface area (Å²) in [5, 5.41) is 12.7. The Morgan fingerprint density at radius 2 is 2.07 bits per heavy atom. The van der Waals surface area contributed by atoms with E-state index in [9.17, 15) is 19.5 Å². The van der Waals surface area contributed by atoms with Crippen molar-refractivity contribution < 1.29 is 19.5 Å². The fourth-order valence-electron chi connectivity index (χ4n) is 4.68. The third kappa shape index (κ3) is 3.35. The molecule has 4 amide bonds. The molecule has 2 fully saturated rings. The maximum Gasteiger partial charge on any atom is 0.326 e. The van der Waals surface area contributed by atoms with Crippen LogP contribution in [0.1, 0.15) is 56.7 Å². The quantitative estimate of drug-likeness (QED) is 0.515. The molecule has 1 spiro atoms. The summed E-state index contributed by atoms with van der Waals surface area (Å²) in [6.07, 6.45) is 3.00. The molecule has 3 atom stereocenters. The number of imide groups is 1. The smallest absolute Gasteiger partial charge is 0.326 e. The number of primary amides is 1. The van der Waals surface area contributed by atoms with E-state index in [4.69, 9.17) is 5.73 Å². The minimum Gasteiger partial charge on any atom is -0.378 e. The molecule has 3 aliphatic rings. The summed E-state index contributed by atoms with van der Waals surface area (Å²) < 4.78 is 0. The minimum absolute atomic E-state index is 0.160. The fraction of sp³-hybridized carbons (Fsp3) is 0.522. The van der Waals surface area contributed by atoms with E-state index in [1.807, 2.05) is 19.1 Å². The van der Waals surface area contributed by atoms with Gasteiger partial charge < -0.3 is 16.2 Å². The molecule has 7 heteroatoms.